The smallest absolute Gasteiger partial charge is 0.112 e. The maximum absolute atomic E-state index is 2.46. The minimum atomic E-state index is -1.86. The summed E-state index contributed by atoms with van der Waals surface area (Å²) in [6.07, 6.45) is 7.04. The molecular formula is C47H54N2P2+2. The van der Waals surface area contributed by atoms with Gasteiger partial charge in [-0.05, 0) is 116 Å². The van der Waals surface area contributed by atoms with Crippen molar-refractivity contribution in [2.45, 2.75) is 32.6 Å². The van der Waals surface area contributed by atoms with Crippen molar-refractivity contribution in [3.63, 3.8) is 0 Å². The van der Waals surface area contributed by atoms with Crippen molar-refractivity contribution in [3.8, 4) is 0 Å². The largest absolute Gasteiger partial charge is 0.378 e. The Labute approximate surface area is 308 Å². The van der Waals surface area contributed by atoms with Crippen molar-refractivity contribution >= 4 is 57.7 Å². The Morgan fingerprint density at radius 2 is 0.706 bits per heavy atom. The first-order chi connectivity index (χ1) is 25.0. The molecule has 6 rings (SSSR count). The van der Waals surface area contributed by atoms with Gasteiger partial charge in [0, 0.05) is 39.1 Å². The van der Waals surface area contributed by atoms with E-state index in [0.717, 1.165) is 25.5 Å². The summed E-state index contributed by atoms with van der Waals surface area (Å²) in [5.41, 5.74) is 2.53. The quantitative estimate of drug-likeness (QED) is 0.0732. The second-order valence-electron chi connectivity index (χ2n) is 13.8. The molecule has 0 atom stereocenters. The fourth-order valence-corrected chi connectivity index (χ4v) is 16.5. The van der Waals surface area contributed by atoms with E-state index in [0.29, 0.717) is 0 Å². The third-order valence-electron chi connectivity index (χ3n) is 10.4. The average molecular weight is 709 g/mol. The van der Waals surface area contributed by atoms with Crippen LogP contribution in [-0.4, -0.2) is 40.0 Å². The number of benzene rings is 6. The van der Waals surface area contributed by atoms with Crippen LogP contribution in [0.5, 0.6) is 0 Å². The van der Waals surface area contributed by atoms with Gasteiger partial charge in [-0.25, -0.2) is 0 Å². The molecule has 0 saturated carbocycles. The minimum absolute atomic E-state index is 1.02. The first-order valence-electron chi connectivity index (χ1n) is 18.6. The van der Waals surface area contributed by atoms with Gasteiger partial charge in [-0.15, -0.1) is 0 Å². The van der Waals surface area contributed by atoms with Gasteiger partial charge in [0.1, 0.15) is 46.4 Å². The lowest BCUT2D eigenvalue weighted by Gasteiger charge is -2.29. The third-order valence-corrected chi connectivity index (χ3v) is 19.5. The van der Waals surface area contributed by atoms with E-state index >= 15 is 0 Å². The molecule has 0 fully saturated rings. The lowest BCUT2D eigenvalue weighted by Crippen LogP contribution is -2.34. The summed E-state index contributed by atoms with van der Waals surface area (Å²) in [5.74, 6) is 0. The van der Waals surface area contributed by atoms with E-state index < -0.39 is 14.5 Å². The summed E-state index contributed by atoms with van der Waals surface area (Å²) < 4.78 is 0. The Morgan fingerprint density at radius 1 is 0.373 bits per heavy atom. The van der Waals surface area contributed by atoms with Gasteiger partial charge >= 0.3 is 0 Å². The number of hydrogen-bond donors (Lipinski definition) is 0. The van der Waals surface area contributed by atoms with Crippen LogP contribution < -0.4 is 41.6 Å². The third kappa shape index (κ3) is 7.99. The van der Waals surface area contributed by atoms with E-state index in [1.54, 1.807) is 0 Å². The highest BCUT2D eigenvalue weighted by Crippen LogP contribution is 2.57. The summed E-state index contributed by atoms with van der Waals surface area (Å²) in [6, 6.07) is 64.2. The molecule has 4 heteroatoms. The number of anilines is 2. The Morgan fingerprint density at radius 3 is 1.06 bits per heavy atom. The van der Waals surface area contributed by atoms with Crippen LogP contribution in [0.15, 0.2) is 170 Å². The van der Waals surface area contributed by atoms with Gasteiger partial charge in [-0.3, -0.25) is 0 Å². The molecular weight excluding hydrogens is 654 g/mol. The summed E-state index contributed by atoms with van der Waals surface area (Å²) in [7, 11) is 2.86. The minimum Gasteiger partial charge on any atom is -0.378 e. The van der Waals surface area contributed by atoms with Crippen LogP contribution in [0.4, 0.5) is 11.4 Å². The monoisotopic (exact) mass is 708 g/mol. The van der Waals surface area contributed by atoms with Crippen LogP contribution in [0.25, 0.3) is 0 Å². The van der Waals surface area contributed by atoms with Crippen LogP contribution in [0.3, 0.4) is 0 Å². The summed E-state index contributed by atoms with van der Waals surface area (Å²) in [5, 5.41) is 8.82. The van der Waals surface area contributed by atoms with Crippen LogP contribution in [-0.2, 0) is 0 Å². The number of nitrogens with zero attached hydrogens (tertiary/aromatic N) is 2. The maximum atomic E-state index is 2.46. The molecule has 0 aliphatic carbocycles. The molecule has 0 radical (unpaired) electrons. The number of rotatable bonds is 16. The SMILES string of the molecule is CCCC[P+](c1ccccc1)(c1ccccc1)c1ccc(N(C)CCCC[P+](c2ccccc2)(c2ccccc2)c2ccc(N(C)C)cc2)cc1. The molecule has 2 nitrogen and oxygen atoms in total. The second-order valence-corrected chi connectivity index (χ2v) is 21.1. The van der Waals surface area contributed by atoms with Crippen LogP contribution in [0.2, 0.25) is 0 Å². The molecule has 0 bridgehead atoms. The number of unbranched alkanes of at least 4 members (excludes halogenated alkanes) is 2. The molecule has 6 aromatic rings. The second kappa shape index (κ2) is 17.3. The summed E-state index contributed by atoms with van der Waals surface area (Å²) >= 11 is 0. The zero-order valence-corrected chi connectivity index (χ0v) is 32.7. The predicted octanol–water partition coefficient (Wildman–Crippen LogP) is 9.06. The highest BCUT2D eigenvalue weighted by molar-refractivity contribution is 7.96. The van der Waals surface area contributed by atoms with E-state index in [1.165, 1.54) is 62.2 Å². The Kier molecular flexibility index (Phi) is 12.4. The van der Waals surface area contributed by atoms with Crippen LogP contribution in [0.1, 0.15) is 32.6 Å². The predicted molar refractivity (Wildman–Crippen MR) is 232 cm³/mol. The average Bonchev–Trinajstić information content (AvgIpc) is 3.20. The van der Waals surface area contributed by atoms with Crippen molar-refractivity contribution in [2.24, 2.45) is 0 Å². The first kappa shape index (κ1) is 36.6. The first-order valence-corrected chi connectivity index (χ1v) is 22.5. The molecule has 0 aliphatic rings. The lowest BCUT2D eigenvalue weighted by molar-refractivity contribution is 0.770. The van der Waals surface area contributed by atoms with Gasteiger partial charge in [-0.2, -0.15) is 0 Å². The van der Waals surface area contributed by atoms with Crippen LogP contribution in [0, 0.1) is 0 Å². The Hall–Kier alpha value is -4.22. The molecule has 260 valence electrons. The highest BCUT2D eigenvalue weighted by atomic mass is 31.2. The molecule has 0 aliphatic heterocycles. The fourth-order valence-electron chi connectivity index (χ4n) is 7.59. The van der Waals surface area contributed by atoms with Crippen molar-refractivity contribution in [1.82, 2.24) is 0 Å². The zero-order chi connectivity index (χ0) is 35.5. The normalized spacial score (nSPS) is 11.7. The standard InChI is InChI=1S/C47H54N2P2/c1-5-6-38-50(42-21-11-7-12-22-42,43-23-13-8-14-24-43)47-35-31-41(32-36-47)49(4)37-19-20-39-51(44-25-15-9-16-26-44,45-27-17-10-18-28-45)46-33-29-40(30-34-46)48(2)3/h7-18,21-36H,5-6,19-20,37-39H2,1-4H3/q+2. The van der Waals surface area contributed by atoms with Gasteiger partial charge in [0.25, 0.3) is 0 Å². The van der Waals surface area contributed by atoms with Crippen LogP contribution >= 0.6 is 14.5 Å². The molecule has 0 amide bonds. The van der Waals surface area contributed by atoms with Crippen molar-refractivity contribution in [3.05, 3.63) is 170 Å². The van der Waals surface area contributed by atoms with Gasteiger partial charge in [0.15, 0.2) is 0 Å². The van der Waals surface area contributed by atoms with E-state index in [4.69, 9.17) is 0 Å². The van der Waals surface area contributed by atoms with E-state index in [1.807, 2.05) is 0 Å². The Bertz CT molecular complexity index is 1810. The molecule has 0 spiro atoms. The molecule has 0 N–H and O–H groups in total. The van der Waals surface area contributed by atoms with E-state index in [2.05, 4.69) is 208 Å². The van der Waals surface area contributed by atoms with Gasteiger partial charge in [-0.1, -0.05) is 86.1 Å². The van der Waals surface area contributed by atoms with Gasteiger partial charge in [0.05, 0.1) is 12.3 Å². The molecule has 0 aromatic heterocycles. The summed E-state index contributed by atoms with van der Waals surface area (Å²) in [4.78, 5) is 4.64. The topological polar surface area (TPSA) is 6.48 Å². The number of hydrogen-bond acceptors (Lipinski definition) is 2. The Balaban J connectivity index is 1.24. The summed E-state index contributed by atoms with van der Waals surface area (Å²) in [6.45, 7) is 3.34. The fraction of sp³-hybridized carbons (Fsp3) is 0.234. The zero-order valence-electron chi connectivity index (χ0n) is 30.9. The van der Waals surface area contributed by atoms with Crippen molar-refractivity contribution in [2.75, 3.05) is 49.8 Å². The van der Waals surface area contributed by atoms with Gasteiger partial charge in [0.2, 0.25) is 0 Å². The van der Waals surface area contributed by atoms with Crippen molar-refractivity contribution < 1.29 is 0 Å². The molecule has 0 unspecified atom stereocenters. The molecule has 6 aromatic carbocycles. The molecule has 0 saturated heterocycles. The highest BCUT2D eigenvalue weighted by Gasteiger charge is 2.46. The lowest BCUT2D eigenvalue weighted by atomic mass is 10.2. The van der Waals surface area contributed by atoms with E-state index in [-0.39, 0.29) is 0 Å². The maximum Gasteiger partial charge on any atom is 0.112 e. The molecule has 51 heavy (non-hydrogen) atoms. The van der Waals surface area contributed by atoms with Crippen molar-refractivity contribution in [1.29, 1.82) is 0 Å². The van der Waals surface area contributed by atoms with Gasteiger partial charge < -0.3 is 9.80 Å². The molecule has 0 heterocycles. The van der Waals surface area contributed by atoms with E-state index in [9.17, 15) is 0 Å².